The van der Waals surface area contributed by atoms with Crippen LogP contribution in [0.4, 0.5) is 0 Å². The molecule has 1 heterocycles. The molecule has 1 aromatic carbocycles. The second kappa shape index (κ2) is 3.89. The molecular formula is C15H19N. The maximum absolute atomic E-state index is 4.52. The first-order valence-electron chi connectivity index (χ1n) is 5.91. The summed E-state index contributed by atoms with van der Waals surface area (Å²) in [5, 5.41) is 2.63. The molecular weight excluding hydrogens is 194 g/mol. The van der Waals surface area contributed by atoms with E-state index in [1.165, 1.54) is 16.3 Å². The van der Waals surface area contributed by atoms with E-state index in [1.807, 2.05) is 6.20 Å². The number of hydrogen-bond donors (Lipinski definition) is 0. The van der Waals surface area contributed by atoms with Gasteiger partial charge in [0.25, 0.3) is 0 Å². The third-order valence-electron chi connectivity index (χ3n) is 3.61. The Morgan fingerprint density at radius 2 is 1.75 bits per heavy atom. The number of fused-ring (bicyclic) bond motifs is 1. The molecule has 0 N–H and O–H groups in total. The molecule has 84 valence electrons. The number of hydrogen-bond acceptors (Lipinski definition) is 1. The molecule has 1 heteroatoms. The largest absolute Gasteiger partial charge is 0.261 e. The number of pyridine rings is 1. The molecule has 0 aliphatic rings. The van der Waals surface area contributed by atoms with Crippen LogP contribution < -0.4 is 0 Å². The van der Waals surface area contributed by atoms with Gasteiger partial charge in [0.1, 0.15) is 0 Å². The van der Waals surface area contributed by atoms with Gasteiger partial charge in [-0.05, 0) is 29.7 Å². The maximum Gasteiger partial charge on any atom is 0.0451 e. The fourth-order valence-corrected chi connectivity index (χ4v) is 2.06. The second-order valence-corrected chi connectivity index (χ2v) is 5.04. The Morgan fingerprint density at radius 3 is 2.38 bits per heavy atom. The van der Waals surface area contributed by atoms with Crippen molar-refractivity contribution < 1.29 is 0 Å². The van der Waals surface area contributed by atoms with E-state index in [-0.39, 0.29) is 5.41 Å². The fourth-order valence-electron chi connectivity index (χ4n) is 2.06. The van der Waals surface area contributed by atoms with Crippen LogP contribution in [0.1, 0.15) is 38.4 Å². The standard InChI is InChI=1S/C15H19N/c1-5-15(3,4)14-10-16-11(2)12-8-6-7-9-13(12)14/h6-10H,5H2,1-4H3. The van der Waals surface area contributed by atoms with E-state index < -0.39 is 0 Å². The summed E-state index contributed by atoms with van der Waals surface area (Å²) in [7, 11) is 0. The van der Waals surface area contributed by atoms with Crippen molar-refractivity contribution in [2.45, 2.75) is 39.5 Å². The molecule has 0 atom stereocenters. The molecule has 0 aliphatic carbocycles. The van der Waals surface area contributed by atoms with Crippen molar-refractivity contribution in [1.82, 2.24) is 4.98 Å². The Hall–Kier alpha value is -1.37. The number of aryl methyl sites for hydroxylation is 1. The van der Waals surface area contributed by atoms with Gasteiger partial charge in [0.05, 0.1) is 0 Å². The van der Waals surface area contributed by atoms with Crippen LogP contribution in [-0.4, -0.2) is 4.98 Å². The first kappa shape index (κ1) is 11.1. The molecule has 16 heavy (non-hydrogen) atoms. The van der Waals surface area contributed by atoms with E-state index in [4.69, 9.17) is 0 Å². The van der Waals surface area contributed by atoms with Crippen molar-refractivity contribution in [2.75, 3.05) is 0 Å². The second-order valence-electron chi connectivity index (χ2n) is 5.04. The monoisotopic (exact) mass is 213 g/mol. The van der Waals surface area contributed by atoms with Gasteiger partial charge in [-0.2, -0.15) is 0 Å². The zero-order valence-corrected chi connectivity index (χ0v) is 10.5. The van der Waals surface area contributed by atoms with Gasteiger partial charge in [-0.3, -0.25) is 4.98 Å². The van der Waals surface area contributed by atoms with E-state index in [0.29, 0.717) is 0 Å². The highest BCUT2D eigenvalue weighted by atomic mass is 14.7. The first-order valence-corrected chi connectivity index (χ1v) is 5.91. The summed E-state index contributed by atoms with van der Waals surface area (Å²) in [6.45, 7) is 8.87. The zero-order valence-electron chi connectivity index (χ0n) is 10.5. The van der Waals surface area contributed by atoms with Crippen LogP contribution in [0.25, 0.3) is 10.8 Å². The molecule has 0 bridgehead atoms. The van der Waals surface area contributed by atoms with Crippen molar-refractivity contribution in [3.05, 3.63) is 41.7 Å². The summed E-state index contributed by atoms with van der Waals surface area (Å²) in [6, 6.07) is 8.56. The predicted octanol–water partition coefficient (Wildman–Crippen LogP) is 4.23. The molecule has 0 spiro atoms. The quantitative estimate of drug-likeness (QED) is 0.727. The van der Waals surface area contributed by atoms with Crippen LogP contribution in [0.3, 0.4) is 0 Å². The van der Waals surface area contributed by atoms with Gasteiger partial charge in [0.2, 0.25) is 0 Å². The molecule has 1 aromatic heterocycles. The van der Waals surface area contributed by atoms with Crippen molar-refractivity contribution in [2.24, 2.45) is 0 Å². The number of nitrogens with zero attached hydrogens (tertiary/aromatic N) is 1. The van der Waals surface area contributed by atoms with Crippen molar-refractivity contribution >= 4 is 10.8 Å². The summed E-state index contributed by atoms with van der Waals surface area (Å²) < 4.78 is 0. The SMILES string of the molecule is CCC(C)(C)c1cnc(C)c2ccccc12. The fraction of sp³-hybridized carbons (Fsp3) is 0.400. The molecule has 0 amide bonds. The van der Waals surface area contributed by atoms with Crippen LogP contribution in [0.15, 0.2) is 30.5 Å². The number of aromatic nitrogens is 1. The summed E-state index contributed by atoms with van der Waals surface area (Å²) in [6.07, 6.45) is 3.17. The van der Waals surface area contributed by atoms with Gasteiger partial charge < -0.3 is 0 Å². The molecule has 0 saturated heterocycles. The lowest BCUT2D eigenvalue weighted by Gasteiger charge is -2.25. The average Bonchev–Trinajstić information content (AvgIpc) is 2.29. The van der Waals surface area contributed by atoms with Crippen LogP contribution in [-0.2, 0) is 5.41 Å². The molecule has 2 aromatic rings. The zero-order chi connectivity index (χ0) is 11.8. The summed E-state index contributed by atoms with van der Waals surface area (Å²) in [5.41, 5.74) is 2.67. The smallest absolute Gasteiger partial charge is 0.0451 e. The molecule has 0 radical (unpaired) electrons. The van der Waals surface area contributed by atoms with E-state index in [0.717, 1.165) is 12.1 Å². The van der Waals surface area contributed by atoms with E-state index in [9.17, 15) is 0 Å². The average molecular weight is 213 g/mol. The Labute approximate surface area is 97.5 Å². The lowest BCUT2D eigenvalue weighted by Crippen LogP contribution is -2.16. The van der Waals surface area contributed by atoms with Crippen LogP contribution in [0, 0.1) is 6.92 Å². The Morgan fingerprint density at radius 1 is 1.12 bits per heavy atom. The first-order chi connectivity index (χ1) is 7.56. The van der Waals surface area contributed by atoms with Crippen LogP contribution in [0.2, 0.25) is 0 Å². The Kier molecular flexibility index (Phi) is 2.71. The molecule has 0 fully saturated rings. The highest BCUT2D eigenvalue weighted by Gasteiger charge is 2.21. The minimum atomic E-state index is 0.195. The maximum atomic E-state index is 4.52. The summed E-state index contributed by atoms with van der Waals surface area (Å²) in [4.78, 5) is 4.52. The van der Waals surface area contributed by atoms with Gasteiger partial charge in [0.15, 0.2) is 0 Å². The lowest BCUT2D eigenvalue weighted by atomic mass is 9.80. The Bertz CT molecular complexity index is 512. The molecule has 1 nitrogen and oxygen atoms in total. The highest BCUT2D eigenvalue weighted by Crippen LogP contribution is 2.32. The molecule has 0 aliphatic heterocycles. The minimum absolute atomic E-state index is 0.195. The number of benzene rings is 1. The van der Waals surface area contributed by atoms with Gasteiger partial charge >= 0.3 is 0 Å². The van der Waals surface area contributed by atoms with E-state index in [2.05, 4.69) is 56.9 Å². The minimum Gasteiger partial charge on any atom is -0.261 e. The van der Waals surface area contributed by atoms with Crippen molar-refractivity contribution in [3.63, 3.8) is 0 Å². The molecule has 0 unspecified atom stereocenters. The molecule has 0 saturated carbocycles. The van der Waals surface area contributed by atoms with Crippen LogP contribution >= 0.6 is 0 Å². The summed E-state index contributed by atoms with van der Waals surface area (Å²) >= 11 is 0. The highest BCUT2D eigenvalue weighted by molar-refractivity contribution is 5.88. The van der Waals surface area contributed by atoms with Crippen molar-refractivity contribution in [3.8, 4) is 0 Å². The predicted molar refractivity (Wildman–Crippen MR) is 69.8 cm³/mol. The Balaban J connectivity index is 2.77. The third kappa shape index (κ3) is 1.71. The van der Waals surface area contributed by atoms with Gasteiger partial charge in [-0.15, -0.1) is 0 Å². The lowest BCUT2D eigenvalue weighted by molar-refractivity contribution is 0.509. The third-order valence-corrected chi connectivity index (χ3v) is 3.61. The van der Waals surface area contributed by atoms with Gasteiger partial charge in [-0.25, -0.2) is 0 Å². The van der Waals surface area contributed by atoms with Crippen LogP contribution in [0.5, 0.6) is 0 Å². The summed E-state index contributed by atoms with van der Waals surface area (Å²) in [5.74, 6) is 0. The topological polar surface area (TPSA) is 12.9 Å². The normalized spacial score (nSPS) is 12.0. The van der Waals surface area contributed by atoms with Gasteiger partial charge in [-0.1, -0.05) is 45.0 Å². The van der Waals surface area contributed by atoms with E-state index in [1.54, 1.807) is 0 Å². The van der Waals surface area contributed by atoms with Gasteiger partial charge in [0, 0.05) is 17.3 Å². The van der Waals surface area contributed by atoms with Crippen molar-refractivity contribution in [1.29, 1.82) is 0 Å². The molecule has 2 rings (SSSR count). The van der Waals surface area contributed by atoms with E-state index >= 15 is 0 Å². The number of rotatable bonds is 2.